The summed E-state index contributed by atoms with van der Waals surface area (Å²) in [5, 5.41) is 0. The number of aldehydes is 1. The van der Waals surface area contributed by atoms with Crippen molar-refractivity contribution in [2.45, 2.75) is 70.9 Å². The van der Waals surface area contributed by atoms with E-state index in [-0.39, 0.29) is 24.2 Å². The molecule has 0 spiro atoms. The number of hydrogen-bond donors (Lipinski definition) is 0. The molecule has 0 saturated carbocycles. The van der Waals surface area contributed by atoms with Gasteiger partial charge in [0.05, 0.1) is 18.8 Å². The summed E-state index contributed by atoms with van der Waals surface area (Å²) >= 11 is 0. The maximum absolute atomic E-state index is 10.8. The zero-order chi connectivity index (χ0) is 14.3. The second-order valence-electron chi connectivity index (χ2n) is 6.31. The molecule has 110 valence electrons. The SMILES string of the molecule is CC1COC(C)(C)O[C@@H]1[C@@H]1OC(C)(C)OC1CC=O. The van der Waals surface area contributed by atoms with Gasteiger partial charge in [0.25, 0.3) is 0 Å². The molecule has 5 heteroatoms. The maximum Gasteiger partial charge on any atom is 0.163 e. The third kappa shape index (κ3) is 3.34. The second-order valence-corrected chi connectivity index (χ2v) is 6.31. The number of carbonyl (C=O) groups excluding carboxylic acids is 1. The van der Waals surface area contributed by atoms with Gasteiger partial charge in [-0.05, 0) is 27.7 Å². The average Bonchev–Trinajstić information content (AvgIpc) is 2.58. The molecule has 0 N–H and O–H groups in total. The molecule has 0 aromatic rings. The van der Waals surface area contributed by atoms with E-state index >= 15 is 0 Å². The minimum atomic E-state index is -0.677. The first kappa shape index (κ1) is 14.9. The van der Waals surface area contributed by atoms with Gasteiger partial charge in [-0.3, -0.25) is 0 Å². The fourth-order valence-corrected chi connectivity index (χ4v) is 2.71. The van der Waals surface area contributed by atoms with Gasteiger partial charge in [0.15, 0.2) is 11.6 Å². The molecule has 2 aliphatic rings. The molecule has 2 fully saturated rings. The van der Waals surface area contributed by atoms with Crippen molar-refractivity contribution in [3.05, 3.63) is 0 Å². The molecule has 5 nitrogen and oxygen atoms in total. The zero-order valence-electron chi connectivity index (χ0n) is 12.3. The van der Waals surface area contributed by atoms with Crippen LogP contribution in [0.1, 0.15) is 41.0 Å². The molecule has 0 bridgehead atoms. The summed E-state index contributed by atoms with van der Waals surface area (Å²) in [6, 6.07) is 0. The third-order valence-corrected chi connectivity index (χ3v) is 3.55. The average molecular weight is 272 g/mol. The molecule has 2 aliphatic heterocycles. The van der Waals surface area contributed by atoms with Crippen LogP contribution in [0, 0.1) is 5.92 Å². The van der Waals surface area contributed by atoms with Crippen molar-refractivity contribution in [1.82, 2.24) is 0 Å². The molecule has 2 heterocycles. The van der Waals surface area contributed by atoms with Gasteiger partial charge in [-0.2, -0.15) is 0 Å². The summed E-state index contributed by atoms with van der Waals surface area (Å²) < 4.78 is 23.4. The highest BCUT2D eigenvalue weighted by Crippen LogP contribution is 2.38. The van der Waals surface area contributed by atoms with E-state index in [4.69, 9.17) is 18.9 Å². The Morgan fingerprint density at radius 3 is 2.32 bits per heavy atom. The summed E-state index contributed by atoms with van der Waals surface area (Å²) in [5.41, 5.74) is 0. The number of ether oxygens (including phenoxy) is 4. The smallest absolute Gasteiger partial charge is 0.163 e. The first-order valence-corrected chi connectivity index (χ1v) is 6.85. The van der Waals surface area contributed by atoms with Gasteiger partial charge in [0, 0.05) is 12.3 Å². The molecule has 0 aromatic carbocycles. The van der Waals surface area contributed by atoms with Crippen molar-refractivity contribution < 1.29 is 23.7 Å². The molecule has 2 saturated heterocycles. The highest BCUT2D eigenvalue weighted by molar-refractivity contribution is 5.50. The largest absolute Gasteiger partial charge is 0.350 e. The second kappa shape index (κ2) is 5.13. The molecule has 4 atom stereocenters. The van der Waals surface area contributed by atoms with E-state index in [2.05, 4.69) is 6.92 Å². The van der Waals surface area contributed by atoms with Gasteiger partial charge in [-0.25, -0.2) is 0 Å². The van der Waals surface area contributed by atoms with Crippen LogP contribution in [0.2, 0.25) is 0 Å². The predicted octanol–water partition coefficient (Wildman–Crippen LogP) is 1.88. The zero-order valence-corrected chi connectivity index (χ0v) is 12.3. The van der Waals surface area contributed by atoms with Crippen LogP contribution in [-0.2, 0) is 23.7 Å². The van der Waals surface area contributed by atoms with Crippen molar-refractivity contribution in [2.75, 3.05) is 6.61 Å². The fraction of sp³-hybridized carbons (Fsp3) is 0.929. The monoisotopic (exact) mass is 272 g/mol. The third-order valence-electron chi connectivity index (χ3n) is 3.55. The number of rotatable bonds is 3. The van der Waals surface area contributed by atoms with Gasteiger partial charge >= 0.3 is 0 Å². The lowest BCUT2D eigenvalue weighted by Gasteiger charge is -2.42. The van der Waals surface area contributed by atoms with Gasteiger partial charge in [0.1, 0.15) is 12.4 Å². The summed E-state index contributed by atoms with van der Waals surface area (Å²) in [6.45, 7) is 10.2. The summed E-state index contributed by atoms with van der Waals surface area (Å²) in [6.07, 6.45) is 0.571. The first-order chi connectivity index (χ1) is 8.74. The Hall–Kier alpha value is -0.490. The quantitative estimate of drug-likeness (QED) is 0.734. The summed E-state index contributed by atoms with van der Waals surface area (Å²) in [4.78, 5) is 10.8. The minimum absolute atomic E-state index is 0.129. The lowest BCUT2D eigenvalue weighted by Crippen LogP contribution is -2.52. The van der Waals surface area contributed by atoms with E-state index < -0.39 is 11.6 Å². The van der Waals surface area contributed by atoms with Crippen LogP contribution in [0.15, 0.2) is 0 Å². The highest BCUT2D eigenvalue weighted by Gasteiger charge is 2.49. The van der Waals surface area contributed by atoms with Crippen molar-refractivity contribution in [2.24, 2.45) is 5.92 Å². The summed E-state index contributed by atoms with van der Waals surface area (Å²) in [7, 11) is 0. The molecular formula is C14H24O5. The first-order valence-electron chi connectivity index (χ1n) is 6.85. The van der Waals surface area contributed by atoms with E-state index in [9.17, 15) is 4.79 Å². The van der Waals surface area contributed by atoms with Gasteiger partial charge in [-0.15, -0.1) is 0 Å². The van der Waals surface area contributed by atoms with Crippen LogP contribution in [0.25, 0.3) is 0 Å². The van der Waals surface area contributed by atoms with Gasteiger partial charge < -0.3 is 23.7 Å². The topological polar surface area (TPSA) is 54.0 Å². The van der Waals surface area contributed by atoms with Crippen LogP contribution in [-0.4, -0.2) is 42.8 Å². The highest BCUT2D eigenvalue weighted by atomic mass is 16.8. The van der Waals surface area contributed by atoms with Crippen LogP contribution >= 0.6 is 0 Å². The molecule has 19 heavy (non-hydrogen) atoms. The van der Waals surface area contributed by atoms with Crippen LogP contribution in [0.4, 0.5) is 0 Å². The van der Waals surface area contributed by atoms with Crippen molar-refractivity contribution in [1.29, 1.82) is 0 Å². The van der Waals surface area contributed by atoms with Gasteiger partial charge in [-0.1, -0.05) is 6.92 Å². The Morgan fingerprint density at radius 1 is 1.05 bits per heavy atom. The molecule has 0 radical (unpaired) electrons. The predicted molar refractivity (Wildman–Crippen MR) is 68.6 cm³/mol. The molecule has 0 aliphatic carbocycles. The maximum atomic E-state index is 10.8. The normalized spacial score (nSPS) is 41.1. The van der Waals surface area contributed by atoms with Crippen LogP contribution in [0.3, 0.4) is 0 Å². The molecule has 0 aromatic heterocycles. The summed E-state index contributed by atoms with van der Waals surface area (Å²) in [5.74, 6) is -1.10. The fourth-order valence-electron chi connectivity index (χ4n) is 2.71. The van der Waals surface area contributed by atoms with Crippen molar-refractivity contribution in [3.63, 3.8) is 0 Å². The number of hydrogen-bond acceptors (Lipinski definition) is 5. The standard InChI is InChI=1S/C14H24O5/c1-9-8-16-13(2,3)18-11(9)12-10(6-7-15)17-14(4,5)19-12/h7,9-12H,6,8H2,1-5H3/t9?,10?,11-,12+/m0/s1. The Balaban J connectivity index is 2.15. The molecular weight excluding hydrogens is 248 g/mol. The van der Waals surface area contributed by atoms with Crippen molar-refractivity contribution in [3.8, 4) is 0 Å². The Labute approximate surface area is 114 Å². The Bertz CT molecular complexity index is 339. The van der Waals surface area contributed by atoms with Crippen molar-refractivity contribution >= 4 is 6.29 Å². The number of carbonyl (C=O) groups is 1. The Kier molecular flexibility index (Phi) is 4.02. The van der Waals surface area contributed by atoms with Crippen LogP contribution in [0.5, 0.6) is 0 Å². The van der Waals surface area contributed by atoms with Crippen LogP contribution < -0.4 is 0 Å². The lowest BCUT2D eigenvalue weighted by atomic mass is 9.94. The van der Waals surface area contributed by atoms with E-state index in [0.29, 0.717) is 13.0 Å². The van der Waals surface area contributed by atoms with E-state index in [0.717, 1.165) is 6.29 Å². The van der Waals surface area contributed by atoms with E-state index in [1.165, 1.54) is 0 Å². The minimum Gasteiger partial charge on any atom is -0.350 e. The molecule has 2 rings (SSSR count). The lowest BCUT2D eigenvalue weighted by molar-refractivity contribution is -0.310. The molecule has 2 unspecified atom stereocenters. The Morgan fingerprint density at radius 2 is 1.68 bits per heavy atom. The molecule has 0 amide bonds. The van der Waals surface area contributed by atoms with Gasteiger partial charge in [0.2, 0.25) is 0 Å². The van der Waals surface area contributed by atoms with E-state index in [1.54, 1.807) is 0 Å². The van der Waals surface area contributed by atoms with E-state index in [1.807, 2.05) is 27.7 Å².